The van der Waals surface area contributed by atoms with Gasteiger partial charge < -0.3 is 21.3 Å². The van der Waals surface area contributed by atoms with Crippen LogP contribution >= 0.6 is 45.3 Å². The summed E-state index contributed by atoms with van der Waals surface area (Å²) < 4.78 is 3.71. The number of rotatable bonds is 12. The number of nitrogens with zero attached hydrogens (tertiary/aromatic N) is 4. The van der Waals surface area contributed by atoms with Crippen LogP contribution in [0.2, 0.25) is 0 Å². The molecule has 4 amide bonds. The van der Waals surface area contributed by atoms with Crippen LogP contribution in [0.25, 0.3) is 66.0 Å². The fourth-order valence-corrected chi connectivity index (χ4v) is 12.2. The summed E-state index contributed by atoms with van der Waals surface area (Å²) in [5, 5.41) is 12.8. The summed E-state index contributed by atoms with van der Waals surface area (Å²) in [5.41, 5.74) is 7.21. The Hall–Kier alpha value is -9.06. The fraction of sp³-hybridized carbons (Fsp3) is 0. The summed E-state index contributed by atoms with van der Waals surface area (Å²) in [6, 6.07) is 56.0. The molecule has 0 aliphatic heterocycles. The van der Waals surface area contributed by atoms with E-state index in [-0.39, 0.29) is 20.5 Å². The van der Waals surface area contributed by atoms with Gasteiger partial charge in [0.05, 0.1) is 29.5 Å². The number of anilines is 4. The largest absolute Gasteiger partial charge is 0.322 e. The highest BCUT2D eigenvalue weighted by Gasteiger charge is 2.26. The molecule has 16 heteroatoms. The Morgan fingerprint density at radius 2 is 0.649 bits per heavy atom. The van der Waals surface area contributed by atoms with Crippen molar-refractivity contribution in [3.05, 3.63) is 223 Å². The van der Waals surface area contributed by atoms with Gasteiger partial charge in [-0.1, -0.05) is 133 Å². The standard InChI is InChI=1S/C58H38N8O4S4/c67-53(61-37-23-11-3-12-24-37)47(54(68)62-38-25-13-4-14-26-38)57-59-33-41(71-57)31-43-65-49-45(35-19-7-1-8-20-35)51-50(46(52(49)74-43)36-21-9-2-10-22-36)66-44(73-51)32-42-34-60-58(72-42)48(55(69)63-39-27-15-5-16-28-39)56(70)64-40-29-17-6-18-30-40/h1-34H,(H,61,67)(H,62,68)(H,63,69)(H,64,70)/b41-31-,42-32-. The maximum absolute atomic E-state index is 13.9. The molecule has 0 unspecified atom stereocenters. The molecule has 0 spiro atoms. The van der Waals surface area contributed by atoms with Gasteiger partial charge in [0, 0.05) is 46.3 Å². The summed E-state index contributed by atoms with van der Waals surface area (Å²) in [7, 11) is 0. The molecular weight excluding hydrogens is 1000 g/mol. The molecule has 4 aromatic heterocycles. The predicted molar refractivity (Wildman–Crippen MR) is 301 cm³/mol. The molecule has 12 nitrogen and oxygen atoms in total. The Balaban J connectivity index is 1.04. The van der Waals surface area contributed by atoms with Crippen molar-refractivity contribution in [3.8, 4) is 22.3 Å². The Labute approximate surface area is 438 Å². The van der Waals surface area contributed by atoms with Crippen molar-refractivity contribution in [3.63, 3.8) is 0 Å². The zero-order chi connectivity index (χ0) is 50.4. The van der Waals surface area contributed by atoms with E-state index in [1.165, 1.54) is 45.3 Å². The number of aromatic nitrogens is 4. The highest BCUT2D eigenvalue weighted by atomic mass is 32.1. The van der Waals surface area contributed by atoms with Crippen molar-refractivity contribution >= 4 is 135 Å². The minimum atomic E-state index is -0.592. The second-order valence-electron chi connectivity index (χ2n) is 16.4. The highest BCUT2D eigenvalue weighted by molar-refractivity contribution is 7.22. The number of para-hydroxylation sites is 4. The predicted octanol–water partition coefficient (Wildman–Crippen LogP) is 9.67. The van der Waals surface area contributed by atoms with Crippen LogP contribution in [0, 0.1) is 0 Å². The van der Waals surface area contributed by atoms with E-state index in [4.69, 9.17) is 9.97 Å². The van der Waals surface area contributed by atoms with Crippen molar-refractivity contribution in [2.75, 3.05) is 21.3 Å². The summed E-state index contributed by atoms with van der Waals surface area (Å²) >= 11 is 5.46. The molecule has 0 bridgehead atoms. The quantitative estimate of drug-likeness (QED) is 0.0878. The van der Waals surface area contributed by atoms with Crippen molar-refractivity contribution in [2.24, 2.45) is 0 Å². The Kier molecular flexibility index (Phi) is 13.6. The van der Waals surface area contributed by atoms with E-state index < -0.39 is 23.6 Å². The zero-order valence-electron chi connectivity index (χ0n) is 38.7. The van der Waals surface area contributed by atoms with Crippen molar-refractivity contribution in [2.45, 2.75) is 0 Å². The molecule has 4 heterocycles. The van der Waals surface area contributed by atoms with E-state index in [0.717, 1.165) is 42.7 Å². The van der Waals surface area contributed by atoms with Crippen LogP contribution in [-0.2, 0) is 19.2 Å². The zero-order valence-corrected chi connectivity index (χ0v) is 42.0. The number of carbonyl (C=O) groups is 4. The molecule has 358 valence electrons. The van der Waals surface area contributed by atoms with E-state index >= 15 is 0 Å². The number of nitrogens with one attached hydrogen (secondary N) is 4. The number of thiazole rings is 4. The van der Waals surface area contributed by atoms with Crippen LogP contribution in [0.15, 0.2) is 194 Å². The highest BCUT2D eigenvalue weighted by Crippen LogP contribution is 2.47. The lowest BCUT2D eigenvalue weighted by Crippen LogP contribution is -2.29. The van der Waals surface area contributed by atoms with E-state index in [2.05, 4.69) is 55.5 Å². The summed E-state index contributed by atoms with van der Waals surface area (Å²) in [6.45, 7) is 0. The molecule has 0 aliphatic carbocycles. The van der Waals surface area contributed by atoms with E-state index in [1.54, 1.807) is 109 Å². The average molecular weight is 1040 g/mol. The average Bonchev–Trinajstić information content (AvgIpc) is 4.26. The Morgan fingerprint density at radius 3 is 0.946 bits per heavy atom. The van der Waals surface area contributed by atoms with Crippen LogP contribution in [0.3, 0.4) is 0 Å². The number of carbonyl (C=O) groups excluding carboxylic acids is 4. The van der Waals surface area contributed by atoms with Crippen LogP contribution in [0.4, 0.5) is 22.7 Å². The van der Waals surface area contributed by atoms with E-state index in [0.29, 0.717) is 41.8 Å². The van der Waals surface area contributed by atoms with E-state index in [1.807, 2.05) is 72.8 Å². The first kappa shape index (κ1) is 47.3. The van der Waals surface area contributed by atoms with Gasteiger partial charge in [-0.2, -0.15) is 0 Å². The first-order valence-corrected chi connectivity index (χ1v) is 26.3. The molecule has 11 aromatic rings. The van der Waals surface area contributed by atoms with Crippen LogP contribution < -0.4 is 39.7 Å². The van der Waals surface area contributed by atoms with Gasteiger partial charge in [0.25, 0.3) is 23.6 Å². The molecule has 0 aliphatic rings. The number of hydrogen-bond donors (Lipinski definition) is 4. The molecule has 7 aromatic carbocycles. The van der Waals surface area contributed by atoms with Gasteiger partial charge in [0.1, 0.15) is 30.5 Å². The summed E-state index contributed by atoms with van der Waals surface area (Å²) in [6.07, 6.45) is 7.13. The number of fused-ring (bicyclic) bond motifs is 2. The number of amides is 4. The fourth-order valence-electron chi connectivity index (χ4n) is 8.07. The van der Waals surface area contributed by atoms with E-state index in [9.17, 15) is 19.2 Å². The lowest BCUT2D eigenvalue weighted by molar-refractivity contribution is -0.117. The minimum Gasteiger partial charge on any atom is -0.322 e. The molecule has 0 radical (unpaired) electrons. The number of hydrogen-bond acceptors (Lipinski definition) is 12. The van der Waals surface area contributed by atoms with Gasteiger partial charge in [-0.25, -0.2) is 19.9 Å². The lowest BCUT2D eigenvalue weighted by atomic mass is 9.97. The maximum atomic E-state index is 13.9. The van der Waals surface area contributed by atoms with Gasteiger partial charge in [-0.3, -0.25) is 19.2 Å². The molecular formula is C58H38N8O4S4. The molecule has 4 N–H and O–H groups in total. The summed E-state index contributed by atoms with van der Waals surface area (Å²) in [5.74, 6) is -2.37. The maximum Gasteiger partial charge on any atom is 0.264 e. The Morgan fingerprint density at radius 1 is 0.365 bits per heavy atom. The van der Waals surface area contributed by atoms with Gasteiger partial charge in [0.15, 0.2) is 0 Å². The SMILES string of the molecule is O=C(Nc1ccccc1)C(C(=O)Nc1ccccc1)=c1nc/c(=C/c2nc3c(-c4ccccc4)c4sc(/C=c5/cnc(=C(C(=O)Nc6ccccc6)C(=O)Nc6ccccc6)s5)nc4c(-c4ccccc4)c3s2)s1. The monoisotopic (exact) mass is 1040 g/mol. The minimum absolute atomic E-state index is 0.126. The van der Waals surface area contributed by atoms with Gasteiger partial charge in [-0.05, 0) is 71.8 Å². The van der Waals surface area contributed by atoms with Crippen LogP contribution in [-0.4, -0.2) is 43.6 Å². The third-order valence-corrected chi connectivity index (χ3v) is 15.3. The molecule has 0 saturated carbocycles. The second-order valence-corrected chi connectivity index (χ2v) is 20.6. The van der Waals surface area contributed by atoms with Crippen LogP contribution in [0.1, 0.15) is 10.0 Å². The molecule has 0 saturated heterocycles. The first-order valence-electron chi connectivity index (χ1n) is 23.0. The van der Waals surface area contributed by atoms with Gasteiger partial charge >= 0.3 is 0 Å². The second kappa shape index (κ2) is 21.3. The van der Waals surface area contributed by atoms with Crippen molar-refractivity contribution < 1.29 is 19.2 Å². The third kappa shape index (κ3) is 10.3. The van der Waals surface area contributed by atoms with Gasteiger partial charge in [-0.15, -0.1) is 45.3 Å². The first-order chi connectivity index (χ1) is 36.3. The number of benzene rings is 7. The van der Waals surface area contributed by atoms with Crippen molar-refractivity contribution in [1.29, 1.82) is 0 Å². The van der Waals surface area contributed by atoms with Crippen molar-refractivity contribution in [1.82, 2.24) is 19.9 Å². The smallest absolute Gasteiger partial charge is 0.264 e. The van der Waals surface area contributed by atoms with Crippen LogP contribution in [0.5, 0.6) is 0 Å². The normalized spacial score (nSPS) is 11.6. The third-order valence-electron chi connectivity index (χ3n) is 11.4. The molecule has 0 atom stereocenters. The Bertz CT molecular complexity index is 3710. The lowest BCUT2D eigenvalue weighted by Gasteiger charge is -2.10. The molecule has 11 rings (SSSR count). The summed E-state index contributed by atoms with van der Waals surface area (Å²) in [4.78, 5) is 75.4. The molecule has 74 heavy (non-hydrogen) atoms. The topological polar surface area (TPSA) is 168 Å². The van der Waals surface area contributed by atoms with Gasteiger partial charge in [0.2, 0.25) is 0 Å². The molecule has 0 fully saturated rings.